The Balaban J connectivity index is 2.17. The number of ketones is 1. The lowest BCUT2D eigenvalue weighted by Crippen LogP contribution is -2.09. The van der Waals surface area contributed by atoms with Crippen LogP contribution in [0.25, 0.3) is 0 Å². The topological polar surface area (TPSA) is 35.5 Å². The Hall–Kier alpha value is -2.29. The van der Waals surface area contributed by atoms with Gasteiger partial charge in [0, 0.05) is 11.5 Å². The predicted octanol–water partition coefficient (Wildman–Crippen LogP) is 3.69. The maximum Gasteiger partial charge on any atom is 0.170 e. The molecule has 0 amide bonds. The Morgan fingerprint density at radius 3 is 1.75 bits per heavy atom. The molecule has 0 fully saturated rings. The van der Waals surface area contributed by atoms with Gasteiger partial charge in [0.05, 0.1) is 14.2 Å². The molecule has 1 unspecified atom stereocenters. The lowest BCUT2D eigenvalue weighted by Gasteiger charge is -2.12. The van der Waals surface area contributed by atoms with E-state index in [9.17, 15) is 4.79 Å². The highest BCUT2D eigenvalue weighted by molar-refractivity contribution is 6.00. The zero-order valence-electron chi connectivity index (χ0n) is 11.9. The summed E-state index contributed by atoms with van der Waals surface area (Å²) in [5.41, 5.74) is 1.67. The normalized spacial score (nSPS) is 11.8. The van der Waals surface area contributed by atoms with E-state index in [0.29, 0.717) is 5.56 Å². The Morgan fingerprint density at radius 2 is 1.30 bits per heavy atom. The second-order valence-electron chi connectivity index (χ2n) is 4.59. The lowest BCUT2D eigenvalue weighted by molar-refractivity contribution is 0.0966. The summed E-state index contributed by atoms with van der Waals surface area (Å²) in [6, 6.07) is 14.8. The molecule has 0 saturated heterocycles. The predicted molar refractivity (Wildman–Crippen MR) is 78.7 cm³/mol. The first-order valence-electron chi connectivity index (χ1n) is 6.48. The third-order valence-electron chi connectivity index (χ3n) is 3.38. The molecule has 20 heavy (non-hydrogen) atoms. The molecule has 2 aromatic rings. The highest BCUT2D eigenvalue weighted by Crippen LogP contribution is 2.23. The third kappa shape index (κ3) is 2.99. The van der Waals surface area contributed by atoms with Gasteiger partial charge in [-0.25, -0.2) is 0 Å². The molecule has 2 aromatic carbocycles. The lowest BCUT2D eigenvalue weighted by atomic mass is 9.92. The molecule has 104 valence electrons. The first-order valence-corrected chi connectivity index (χ1v) is 6.48. The van der Waals surface area contributed by atoms with Crippen molar-refractivity contribution in [2.24, 2.45) is 0 Å². The van der Waals surface area contributed by atoms with Gasteiger partial charge in [-0.3, -0.25) is 4.79 Å². The Kier molecular flexibility index (Phi) is 4.41. The molecule has 3 heteroatoms. The van der Waals surface area contributed by atoms with Crippen LogP contribution in [-0.2, 0) is 0 Å². The molecule has 0 radical (unpaired) electrons. The van der Waals surface area contributed by atoms with E-state index in [0.717, 1.165) is 17.1 Å². The van der Waals surface area contributed by atoms with Crippen molar-refractivity contribution in [1.29, 1.82) is 0 Å². The van der Waals surface area contributed by atoms with Crippen LogP contribution in [0.4, 0.5) is 0 Å². The molecule has 0 N–H and O–H groups in total. The molecule has 0 aliphatic rings. The molecule has 1 atom stereocenters. The van der Waals surface area contributed by atoms with Gasteiger partial charge in [0.15, 0.2) is 5.78 Å². The van der Waals surface area contributed by atoms with Crippen molar-refractivity contribution >= 4 is 5.78 Å². The van der Waals surface area contributed by atoms with Gasteiger partial charge in [-0.05, 0) is 42.0 Å². The van der Waals surface area contributed by atoms with Crippen LogP contribution in [0, 0.1) is 0 Å². The Bertz CT molecular complexity index is 570. The minimum absolute atomic E-state index is 0.0952. The largest absolute Gasteiger partial charge is 0.497 e. The van der Waals surface area contributed by atoms with Crippen LogP contribution in [0.3, 0.4) is 0 Å². The van der Waals surface area contributed by atoms with Gasteiger partial charge in [-0.2, -0.15) is 0 Å². The second kappa shape index (κ2) is 6.24. The average molecular weight is 270 g/mol. The van der Waals surface area contributed by atoms with E-state index < -0.39 is 0 Å². The molecule has 0 spiro atoms. The number of hydrogen-bond donors (Lipinski definition) is 0. The van der Waals surface area contributed by atoms with Crippen LogP contribution in [0.15, 0.2) is 48.5 Å². The number of hydrogen-bond acceptors (Lipinski definition) is 3. The van der Waals surface area contributed by atoms with Crippen molar-refractivity contribution in [3.05, 3.63) is 59.7 Å². The number of benzene rings is 2. The van der Waals surface area contributed by atoms with Crippen molar-refractivity contribution in [3.63, 3.8) is 0 Å². The molecule has 2 rings (SSSR count). The van der Waals surface area contributed by atoms with Crippen LogP contribution >= 0.6 is 0 Å². The van der Waals surface area contributed by atoms with Crippen LogP contribution in [0.1, 0.15) is 28.8 Å². The van der Waals surface area contributed by atoms with E-state index in [1.54, 1.807) is 38.5 Å². The van der Waals surface area contributed by atoms with E-state index >= 15 is 0 Å². The summed E-state index contributed by atoms with van der Waals surface area (Å²) >= 11 is 0. The zero-order chi connectivity index (χ0) is 14.5. The summed E-state index contributed by atoms with van der Waals surface area (Å²) in [7, 11) is 3.23. The summed E-state index contributed by atoms with van der Waals surface area (Å²) < 4.78 is 10.2. The SMILES string of the molecule is COc1ccc(C(=O)C(C)c2ccc(OC)cc2)cc1. The van der Waals surface area contributed by atoms with Gasteiger partial charge in [-0.1, -0.05) is 19.1 Å². The molecule has 0 aliphatic heterocycles. The number of ether oxygens (including phenoxy) is 2. The van der Waals surface area contributed by atoms with Crippen molar-refractivity contribution < 1.29 is 14.3 Å². The first-order chi connectivity index (χ1) is 9.65. The number of methoxy groups -OCH3 is 2. The third-order valence-corrected chi connectivity index (χ3v) is 3.38. The molecule has 0 saturated carbocycles. The minimum atomic E-state index is -0.186. The summed E-state index contributed by atoms with van der Waals surface area (Å²) in [4.78, 5) is 12.4. The summed E-state index contributed by atoms with van der Waals surface area (Å²) in [6.45, 7) is 1.91. The first kappa shape index (κ1) is 14.1. The molecule has 0 aromatic heterocycles. The van der Waals surface area contributed by atoms with Crippen LogP contribution in [-0.4, -0.2) is 20.0 Å². The molecule has 0 aliphatic carbocycles. The van der Waals surface area contributed by atoms with E-state index in [1.165, 1.54) is 0 Å². The zero-order valence-corrected chi connectivity index (χ0v) is 11.9. The molecular formula is C17H18O3. The number of carbonyl (C=O) groups excluding carboxylic acids is 1. The molecule has 0 heterocycles. The van der Waals surface area contributed by atoms with Gasteiger partial charge in [0.1, 0.15) is 11.5 Å². The summed E-state index contributed by atoms with van der Waals surface area (Å²) in [5, 5.41) is 0. The monoisotopic (exact) mass is 270 g/mol. The number of rotatable bonds is 5. The van der Waals surface area contributed by atoms with Crippen LogP contribution in [0.2, 0.25) is 0 Å². The van der Waals surface area contributed by atoms with E-state index in [2.05, 4.69) is 0 Å². The highest BCUT2D eigenvalue weighted by atomic mass is 16.5. The van der Waals surface area contributed by atoms with E-state index in [4.69, 9.17) is 9.47 Å². The Morgan fingerprint density at radius 1 is 0.850 bits per heavy atom. The van der Waals surface area contributed by atoms with Crippen molar-refractivity contribution in [1.82, 2.24) is 0 Å². The van der Waals surface area contributed by atoms with Gasteiger partial charge >= 0.3 is 0 Å². The maximum absolute atomic E-state index is 12.4. The summed E-state index contributed by atoms with van der Waals surface area (Å²) in [6.07, 6.45) is 0. The highest BCUT2D eigenvalue weighted by Gasteiger charge is 2.17. The van der Waals surface area contributed by atoms with Gasteiger partial charge in [0.2, 0.25) is 0 Å². The van der Waals surface area contributed by atoms with Crippen molar-refractivity contribution in [2.45, 2.75) is 12.8 Å². The van der Waals surface area contributed by atoms with Crippen molar-refractivity contribution in [2.75, 3.05) is 14.2 Å². The van der Waals surface area contributed by atoms with E-state index in [-0.39, 0.29) is 11.7 Å². The van der Waals surface area contributed by atoms with Crippen LogP contribution < -0.4 is 9.47 Å². The fourth-order valence-corrected chi connectivity index (χ4v) is 2.05. The fourth-order valence-electron chi connectivity index (χ4n) is 2.05. The van der Waals surface area contributed by atoms with Crippen LogP contribution in [0.5, 0.6) is 11.5 Å². The number of carbonyl (C=O) groups is 1. The molecule has 0 bridgehead atoms. The summed E-state index contributed by atoms with van der Waals surface area (Å²) in [5.74, 6) is 1.45. The van der Waals surface area contributed by atoms with Gasteiger partial charge in [-0.15, -0.1) is 0 Å². The number of Topliss-reactive ketones (excluding diaryl/α,β-unsaturated/α-hetero) is 1. The molecular weight excluding hydrogens is 252 g/mol. The second-order valence-corrected chi connectivity index (χ2v) is 4.59. The van der Waals surface area contributed by atoms with Crippen molar-refractivity contribution in [3.8, 4) is 11.5 Å². The quantitative estimate of drug-likeness (QED) is 0.777. The standard InChI is InChI=1S/C17H18O3/c1-12(13-4-8-15(19-2)9-5-13)17(18)14-6-10-16(20-3)11-7-14/h4-12H,1-3H3. The maximum atomic E-state index is 12.4. The van der Waals surface area contributed by atoms with E-state index in [1.807, 2.05) is 31.2 Å². The fraction of sp³-hybridized carbons (Fsp3) is 0.235. The molecule has 3 nitrogen and oxygen atoms in total. The smallest absolute Gasteiger partial charge is 0.170 e. The van der Waals surface area contributed by atoms with Gasteiger partial charge in [0.25, 0.3) is 0 Å². The Labute approximate surface area is 119 Å². The van der Waals surface area contributed by atoms with Gasteiger partial charge < -0.3 is 9.47 Å². The average Bonchev–Trinajstić information content (AvgIpc) is 2.53. The minimum Gasteiger partial charge on any atom is -0.497 e.